The van der Waals surface area contributed by atoms with Gasteiger partial charge in [0, 0.05) is 26.7 Å². The Hall–Kier alpha value is -2.78. The van der Waals surface area contributed by atoms with Gasteiger partial charge in [-0.3, -0.25) is 4.79 Å². The quantitative estimate of drug-likeness (QED) is 0.439. The maximum atomic E-state index is 13.0. The summed E-state index contributed by atoms with van der Waals surface area (Å²) < 4.78 is 11.5. The standard InChI is InChI=1S/C21H15ClO3/c1-12-19(20(23)13-7-9-14(22)10-8-13)17-11-18(24-2)15-5-3-4-6-16(15)21(17)25-12/h3-11H,1-2H3. The number of ketones is 1. The number of methoxy groups -OCH3 is 1. The summed E-state index contributed by atoms with van der Waals surface area (Å²) in [5, 5.41) is 3.23. The minimum absolute atomic E-state index is 0.0924. The van der Waals surface area contributed by atoms with Crippen LogP contribution in [0.15, 0.2) is 59.0 Å². The van der Waals surface area contributed by atoms with Crippen molar-refractivity contribution in [2.45, 2.75) is 6.92 Å². The molecule has 4 aromatic rings. The number of carbonyl (C=O) groups excluding carboxylic acids is 1. The molecule has 0 unspecified atom stereocenters. The Morgan fingerprint density at radius 2 is 1.68 bits per heavy atom. The fourth-order valence-electron chi connectivity index (χ4n) is 3.20. The van der Waals surface area contributed by atoms with Crippen LogP contribution in [0, 0.1) is 6.92 Å². The Morgan fingerprint density at radius 1 is 1.00 bits per heavy atom. The molecule has 4 heteroatoms. The predicted octanol–water partition coefficient (Wildman–Crippen LogP) is 5.79. The molecule has 0 bridgehead atoms. The van der Waals surface area contributed by atoms with Gasteiger partial charge in [-0.05, 0) is 37.3 Å². The van der Waals surface area contributed by atoms with E-state index in [1.54, 1.807) is 31.4 Å². The fourth-order valence-corrected chi connectivity index (χ4v) is 3.33. The van der Waals surface area contributed by atoms with E-state index in [4.69, 9.17) is 20.8 Å². The lowest BCUT2D eigenvalue weighted by molar-refractivity contribution is 0.103. The number of hydrogen-bond donors (Lipinski definition) is 0. The first-order valence-electron chi connectivity index (χ1n) is 7.89. The monoisotopic (exact) mass is 350 g/mol. The summed E-state index contributed by atoms with van der Waals surface area (Å²) in [6.45, 7) is 1.81. The summed E-state index contributed by atoms with van der Waals surface area (Å²) in [6.07, 6.45) is 0. The van der Waals surface area contributed by atoms with Crippen molar-refractivity contribution in [3.05, 3.63) is 76.5 Å². The highest BCUT2D eigenvalue weighted by Gasteiger charge is 2.22. The van der Waals surface area contributed by atoms with Gasteiger partial charge < -0.3 is 9.15 Å². The van der Waals surface area contributed by atoms with Crippen LogP contribution in [0.1, 0.15) is 21.7 Å². The Bertz CT molecular complexity index is 1110. The normalized spacial score (nSPS) is 11.2. The Balaban J connectivity index is 2.01. The summed E-state index contributed by atoms with van der Waals surface area (Å²) in [5.41, 5.74) is 1.83. The van der Waals surface area contributed by atoms with E-state index < -0.39 is 0 Å². The van der Waals surface area contributed by atoms with Crippen LogP contribution in [-0.2, 0) is 0 Å². The third kappa shape index (κ3) is 2.48. The van der Waals surface area contributed by atoms with E-state index in [1.807, 2.05) is 37.3 Å². The van der Waals surface area contributed by atoms with E-state index >= 15 is 0 Å². The molecule has 0 saturated heterocycles. The van der Waals surface area contributed by atoms with Crippen molar-refractivity contribution in [3.8, 4) is 5.75 Å². The number of benzene rings is 3. The molecule has 0 atom stereocenters. The lowest BCUT2D eigenvalue weighted by Crippen LogP contribution is -2.02. The minimum atomic E-state index is -0.0924. The summed E-state index contributed by atoms with van der Waals surface area (Å²) >= 11 is 5.93. The molecule has 0 aliphatic heterocycles. The number of aryl methyl sites for hydroxylation is 1. The Morgan fingerprint density at radius 3 is 2.36 bits per heavy atom. The zero-order valence-corrected chi connectivity index (χ0v) is 14.6. The highest BCUT2D eigenvalue weighted by Crippen LogP contribution is 2.38. The molecule has 0 spiro atoms. The van der Waals surface area contributed by atoms with Gasteiger partial charge in [0.1, 0.15) is 17.1 Å². The molecule has 1 heterocycles. The molecule has 0 aliphatic carbocycles. The zero-order valence-electron chi connectivity index (χ0n) is 13.8. The molecule has 3 aromatic carbocycles. The zero-order chi connectivity index (χ0) is 17.6. The van der Waals surface area contributed by atoms with Crippen molar-refractivity contribution >= 4 is 39.1 Å². The van der Waals surface area contributed by atoms with E-state index in [9.17, 15) is 4.79 Å². The second-order valence-electron chi connectivity index (χ2n) is 5.87. The molecular formula is C21H15ClO3. The number of fused-ring (bicyclic) bond motifs is 3. The maximum Gasteiger partial charge on any atom is 0.197 e. The molecule has 124 valence electrons. The third-order valence-corrected chi connectivity index (χ3v) is 4.64. The van der Waals surface area contributed by atoms with Crippen molar-refractivity contribution < 1.29 is 13.9 Å². The third-order valence-electron chi connectivity index (χ3n) is 4.39. The van der Waals surface area contributed by atoms with E-state index in [1.165, 1.54) is 0 Å². The molecule has 3 nitrogen and oxygen atoms in total. The van der Waals surface area contributed by atoms with Crippen molar-refractivity contribution in [1.82, 2.24) is 0 Å². The highest BCUT2D eigenvalue weighted by atomic mass is 35.5. The maximum absolute atomic E-state index is 13.0. The lowest BCUT2D eigenvalue weighted by atomic mass is 9.98. The van der Waals surface area contributed by atoms with Gasteiger partial charge in [0.25, 0.3) is 0 Å². The largest absolute Gasteiger partial charge is 0.496 e. The van der Waals surface area contributed by atoms with Crippen LogP contribution in [0.3, 0.4) is 0 Å². The van der Waals surface area contributed by atoms with Crippen LogP contribution in [0.4, 0.5) is 0 Å². The first kappa shape index (κ1) is 15.7. The smallest absolute Gasteiger partial charge is 0.197 e. The predicted molar refractivity (Wildman–Crippen MR) is 99.9 cm³/mol. The van der Waals surface area contributed by atoms with Gasteiger partial charge in [-0.15, -0.1) is 0 Å². The van der Waals surface area contributed by atoms with Crippen molar-refractivity contribution in [2.24, 2.45) is 0 Å². The fraction of sp³-hybridized carbons (Fsp3) is 0.0952. The molecule has 1 aromatic heterocycles. The summed E-state index contributed by atoms with van der Waals surface area (Å²) in [4.78, 5) is 13.0. The molecule has 0 aliphatic rings. The average Bonchev–Trinajstić information content (AvgIpc) is 2.97. The molecule has 25 heavy (non-hydrogen) atoms. The van der Waals surface area contributed by atoms with Crippen LogP contribution < -0.4 is 4.74 Å². The minimum Gasteiger partial charge on any atom is -0.496 e. The first-order valence-corrected chi connectivity index (χ1v) is 8.27. The number of ether oxygens (including phenoxy) is 1. The topological polar surface area (TPSA) is 39.4 Å². The molecule has 0 amide bonds. The van der Waals surface area contributed by atoms with Crippen molar-refractivity contribution in [1.29, 1.82) is 0 Å². The molecule has 4 rings (SSSR count). The number of halogens is 1. The second-order valence-corrected chi connectivity index (χ2v) is 6.31. The van der Waals surface area contributed by atoms with Gasteiger partial charge >= 0.3 is 0 Å². The second kappa shape index (κ2) is 5.94. The van der Waals surface area contributed by atoms with Crippen LogP contribution in [0.5, 0.6) is 5.75 Å². The van der Waals surface area contributed by atoms with Gasteiger partial charge in [-0.2, -0.15) is 0 Å². The summed E-state index contributed by atoms with van der Waals surface area (Å²) in [7, 11) is 1.63. The van der Waals surface area contributed by atoms with Crippen LogP contribution >= 0.6 is 11.6 Å². The number of hydrogen-bond acceptors (Lipinski definition) is 3. The first-order chi connectivity index (χ1) is 12.1. The average molecular weight is 351 g/mol. The molecule has 0 fully saturated rings. The van der Waals surface area contributed by atoms with Crippen molar-refractivity contribution in [2.75, 3.05) is 7.11 Å². The molecular weight excluding hydrogens is 336 g/mol. The van der Waals surface area contributed by atoms with Gasteiger partial charge in [0.05, 0.1) is 12.7 Å². The molecule has 0 N–H and O–H groups in total. The summed E-state index contributed by atoms with van der Waals surface area (Å²) in [5.74, 6) is 1.22. The van der Waals surface area contributed by atoms with Crippen LogP contribution in [-0.4, -0.2) is 12.9 Å². The van der Waals surface area contributed by atoms with Gasteiger partial charge in [-0.1, -0.05) is 35.9 Å². The highest BCUT2D eigenvalue weighted by molar-refractivity contribution is 6.30. The van der Waals surface area contributed by atoms with Crippen LogP contribution in [0.2, 0.25) is 5.02 Å². The number of carbonyl (C=O) groups is 1. The van der Waals surface area contributed by atoms with Gasteiger partial charge in [0.2, 0.25) is 0 Å². The van der Waals surface area contributed by atoms with E-state index in [0.717, 1.165) is 16.2 Å². The molecule has 0 radical (unpaired) electrons. The lowest BCUT2D eigenvalue weighted by Gasteiger charge is -2.07. The SMILES string of the molecule is COc1cc2c(C(=O)c3ccc(Cl)cc3)c(C)oc2c2ccccc12. The number of furan rings is 1. The van der Waals surface area contributed by atoms with Gasteiger partial charge in [0.15, 0.2) is 5.78 Å². The molecule has 0 saturated carbocycles. The van der Waals surface area contributed by atoms with E-state index in [-0.39, 0.29) is 5.78 Å². The van der Waals surface area contributed by atoms with Crippen molar-refractivity contribution in [3.63, 3.8) is 0 Å². The Kier molecular flexibility index (Phi) is 3.74. The number of rotatable bonds is 3. The van der Waals surface area contributed by atoms with E-state index in [0.29, 0.717) is 33.2 Å². The summed E-state index contributed by atoms with van der Waals surface area (Å²) in [6, 6.07) is 16.6. The van der Waals surface area contributed by atoms with Gasteiger partial charge in [-0.25, -0.2) is 0 Å². The van der Waals surface area contributed by atoms with Crippen LogP contribution in [0.25, 0.3) is 21.7 Å². The van der Waals surface area contributed by atoms with E-state index in [2.05, 4.69) is 0 Å². The Labute approximate surface area is 149 Å².